The second kappa shape index (κ2) is 4.53. The first kappa shape index (κ1) is 9.62. The molecular weight excluding hydrogens is 162 g/mol. The lowest BCUT2D eigenvalue weighted by atomic mass is 10.0. The van der Waals surface area contributed by atoms with Gasteiger partial charge in [0.05, 0.1) is 0 Å². The Hall–Kier alpha value is -1.47. The van der Waals surface area contributed by atoms with Gasteiger partial charge in [-0.15, -0.1) is 0 Å². The van der Waals surface area contributed by atoms with Gasteiger partial charge in [0.2, 0.25) is 0 Å². The molecule has 0 bridgehead atoms. The van der Waals surface area contributed by atoms with Crippen LogP contribution in [0.5, 0.6) is 0 Å². The van der Waals surface area contributed by atoms with Crippen LogP contribution in [0.3, 0.4) is 0 Å². The molecule has 0 aliphatic carbocycles. The number of rotatable bonds is 3. The van der Waals surface area contributed by atoms with Gasteiger partial charge in [0, 0.05) is 11.5 Å². The van der Waals surface area contributed by atoms with E-state index in [9.17, 15) is 0 Å². The summed E-state index contributed by atoms with van der Waals surface area (Å²) in [6, 6.07) is 6.32. The minimum Gasteiger partial charge on any atom is -0.0936 e. The van der Waals surface area contributed by atoms with Crippen molar-refractivity contribution in [3.8, 4) is 0 Å². The number of aryl methyl sites for hydroxylation is 2. The molecule has 1 aromatic carbocycles. The van der Waals surface area contributed by atoms with Gasteiger partial charge in [0.25, 0.3) is 0 Å². The van der Waals surface area contributed by atoms with Gasteiger partial charge >= 0.3 is 0 Å². The molecule has 0 saturated heterocycles. The molecule has 0 radical (unpaired) electrons. The quantitative estimate of drug-likeness (QED) is 0.385. The predicted octanol–water partition coefficient (Wildman–Crippen LogP) is 3.16. The van der Waals surface area contributed by atoms with Gasteiger partial charge < -0.3 is 0 Å². The monoisotopic (exact) mass is 175 g/mol. The zero-order valence-corrected chi connectivity index (χ0v) is 7.99. The summed E-state index contributed by atoms with van der Waals surface area (Å²) < 4.78 is 0. The zero-order chi connectivity index (χ0) is 9.68. The highest BCUT2D eigenvalue weighted by atomic mass is 15.1. The summed E-state index contributed by atoms with van der Waals surface area (Å²) >= 11 is 0. The van der Waals surface area contributed by atoms with E-state index in [1.54, 1.807) is 0 Å². The highest BCUT2D eigenvalue weighted by Crippen LogP contribution is 2.10. The van der Waals surface area contributed by atoms with E-state index in [0.29, 0.717) is 6.54 Å². The molecule has 0 saturated carbocycles. The minimum atomic E-state index is 0.542. The maximum atomic E-state index is 8.12. The van der Waals surface area contributed by atoms with Gasteiger partial charge in [-0.2, -0.15) is 0 Å². The Balaban J connectivity index is 2.71. The van der Waals surface area contributed by atoms with Crippen LogP contribution in [0.1, 0.15) is 16.7 Å². The molecule has 13 heavy (non-hydrogen) atoms. The normalized spacial score (nSPS) is 9.38. The van der Waals surface area contributed by atoms with Gasteiger partial charge in [-0.1, -0.05) is 28.9 Å². The summed E-state index contributed by atoms with van der Waals surface area (Å²) in [4.78, 5) is 2.72. The fraction of sp³-hybridized carbons (Fsp3) is 0.400. The Morgan fingerprint density at radius 1 is 1.38 bits per heavy atom. The molecule has 0 amide bonds. The van der Waals surface area contributed by atoms with Gasteiger partial charge in [-0.05, 0) is 36.9 Å². The largest absolute Gasteiger partial charge is 0.0936 e. The molecule has 0 unspecified atom stereocenters. The first-order valence-electron chi connectivity index (χ1n) is 4.31. The van der Waals surface area contributed by atoms with E-state index in [0.717, 1.165) is 6.42 Å². The molecule has 0 spiro atoms. The summed E-state index contributed by atoms with van der Waals surface area (Å²) in [7, 11) is 0. The lowest BCUT2D eigenvalue weighted by Gasteiger charge is -2.04. The van der Waals surface area contributed by atoms with Crippen LogP contribution in [-0.2, 0) is 6.42 Å². The lowest BCUT2D eigenvalue weighted by Crippen LogP contribution is -1.92. The third-order valence-electron chi connectivity index (χ3n) is 2.04. The van der Waals surface area contributed by atoms with Crippen molar-refractivity contribution in [2.75, 3.05) is 6.54 Å². The predicted molar refractivity (Wildman–Crippen MR) is 53.6 cm³/mol. The number of hydrogen-bond donors (Lipinski definition) is 0. The Bertz CT molecular complexity index is 338. The topological polar surface area (TPSA) is 48.8 Å². The fourth-order valence-electron chi connectivity index (χ4n) is 1.34. The second-order valence-corrected chi connectivity index (χ2v) is 3.13. The van der Waals surface area contributed by atoms with Crippen molar-refractivity contribution in [3.63, 3.8) is 0 Å². The van der Waals surface area contributed by atoms with Crippen molar-refractivity contribution >= 4 is 0 Å². The van der Waals surface area contributed by atoms with Crippen LogP contribution < -0.4 is 0 Å². The van der Waals surface area contributed by atoms with Crippen LogP contribution in [0.15, 0.2) is 23.3 Å². The second-order valence-electron chi connectivity index (χ2n) is 3.13. The summed E-state index contributed by atoms with van der Waals surface area (Å²) in [5.41, 5.74) is 11.9. The molecular formula is C10H13N3. The molecule has 68 valence electrons. The Labute approximate surface area is 78.0 Å². The summed E-state index contributed by atoms with van der Waals surface area (Å²) in [5.74, 6) is 0. The van der Waals surface area contributed by atoms with Gasteiger partial charge in [0.15, 0.2) is 0 Å². The number of hydrogen-bond acceptors (Lipinski definition) is 1. The molecule has 0 atom stereocenters. The highest BCUT2D eigenvalue weighted by Gasteiger charge is 1.96. The SMILES string of the molecule is Cc1ccc(CCN=[N+]=[N-])c(C)c1. The van der Waals surface area contributed by atoms with Crippen molar-refractivity contribution in [1.29, 1.82) is 0 Å². The third kappa shape index (κ3) is 2.80. The molecule has 0 aliphatic rings. The van der Waals surface area contributed by atoms with Crippen LogP contribution in [0, 0.1) is 13.8 Å². The van der Waals surface area contributed by atoms with E-state index in [1.165, 1.54) is 16.7 Å². The number of nitrogens with zero attached hydrogens (tertiary/aromatic N) is 3. The Kier molecular flexibility index (Phi) is 3.35. The zero-order valence-electron chi connectivity index (χ0n) is 7.99. The van der Waals surface area contributed by atoms with Crippen molar-refractivity contribution in [3.05, 3.63) is 45.3 Å². The molecule has 0 fully saturated rings. The lowest BCUT2D eigenvalue weighted by molar-refractivity contribution is 0.945. The Morgan fingerprint density at radius 3 is 2.77 bits per heavy atom. The first-order valence-corrected chi connectivity index (χ1v) is 4.31. The fourth-order valence-corrected chi connectivity index (χ4v) is 1.34. The summed E-state index contributed by atoms with van der Waals surface area (Å²) in [5, 5.41) is 3.51. The van der Waals surface area contributed by atoms with Crippen LogP contribution >= 0.6 is 0 Å². The molecule has 0 aliphatic heterocycles. The van der Waals surface area contributed by atoms with Gasteiger partial charge in [-0.25, -0.2) is 0 Å². The molecule has 0 heterocycles. The average molecular weight is 175 g/mol. The van der Waals surface area contributed by atoms with Crippen LogP contribution in [-0.4, -0.2) is 6.54 Å². The standard InChI is InChI=1S/C10H13N3/c1-8-3-4-10(9(2)7-8)5-6-12-13-11/h3-4,7H,5-6H2,1-2H3. The third-order valence-corrected chi connectivity index (χ3v) is 2.04. The summed E-state index contributed by atoms with van der Waals surface area (Å²) in [6.07, 6.45) is 0.830. The van der Waals surface area contributed by atoms with Crippen LogP contribution in [0.25, 0.3) is 10.4 Å². The maximum absolute atomic E-state index is 8.12. The summed E-state index contributed by atoms with van der Waals surface area (Å²) in [6.45, 7) is 4.70. The molecule has 3 nitrogen and oxygen atoms in total. The van der Waals surface area contributed by atoms with Gasteiger partial charge in [0.1, 0.15) is 0 Å². The van der Waals surface area contributed by atoms with Crippen molar-refractivity contribution < 1.29 is 0 Å². The number of azide groups is 1. The van der Waals surface area contributed by atoms with Crippen molar-refractivity contribution in [1.82, 2.24) is 0 Å². The van der Waals surface area contributed by atoms with Crippen LogP contribution in [0.4, 0.5) is 0 Å². The highest BCUT2D eigenvalue weighted by molar-refractivity contribution is 5.30. The molecule has 0 aromatic heterocycles. The van der Waals surface area contributed by atoms with Crippen LogP contribution in [0.2, 0.25) is 0 Å². The molecule has 1 rings (SSSR count). The van der Waals surface area contributed by atoms with E-state index in [1.807, 2.05) is 0 Å². The number of benzene rings is 1. The van der Waals surface area contributed by atoms with Crippen molar-refractivity contribution in [2.45, 2.75) is 20.3 Å². The molecule has 0 N–H and O–H groups in total. The van der Waals surface area contributed by atoms with Gasteiger partial charge in [-0.3, -0.25) is 0 Å². The van der Waals surface area contributed by atoms with E-state index < -0.39 is 0 Å². The first-order chi connectivity index (χ1) is 6.24. The van der Waals surface area contributed by atoms with Crippen molar-refractivity contribution in [2.24, 2.45) is 5.11 Å². The van der Waals surface area contributed by atoms with E-state index in [-0.39, 0.29) is 0 Å². The molecule has 1 aromatic rings. The smallest absolute Gasteiger partial charge is 0.0298 e. The van der Waals surface area contributed by atoms with E-state index in [4.69, 9.17) is 5.53 Å². The minimum absolute atomic E-state index is 0.542. The average Bonchev–Trinajstić information content (AvgIpc) is 2.09. The molecule has 3 heteroatoms. The van der Waals surface area contributed by atoms with E-state index >= 15 is 0 Å². The maximum Gasteiger partial charge on any atom is 0.0298 e. The van der Waals surface area contributed by atoms with E-state index in [2.05, 4.69) is 42.1 Å². The Morgan fingerprint density at radius 2 is 2.15 bits per heavy atom.